The Labute approximate surface area is 191 Å². The van der Waals surface area contributed by atoms with Crippen LogP contribution in [0.2, 0.25) is 0 Å². The van der Waals surface area contributed by atoms with Gasteiger partial charge in [0.05, 0.1) is 11.6 Å². The van der Waals surface area contributed by atoms with Crippen molar-refractivity contribution in [2.45, 2.75) is 25.8 Å². The van der Waals surface area contributed by atoms with Crippen LogP contribution in [0, 0.1) is 0 Å². The fourth-order valence-electron chi connectivity index (χ4n) is 3.35. The highest BCUT2D eigenvalue weighted by Gasteiger charge is 2.29. The average molecular weight is 444 g/mol. The Morgan fingerprint density at radius 2 is 1.85 bits per heavy atom. The highest BCUT2D eigenvalue weighted by atomic mass is 16.4. The van der Waals surface area contributed by atoms with Crippen LogP contribution in [0.15, 0.2) is 64.0 Å². The third-order valence-electron chi connectivity index (χ3n) is 5.08. The normalized spacial score (nSPS) is 18.0. The molecule has 0 unspecified atom stereocenters. The second-order valence-electron chi connectivity index (χ2n) is 7.77. The van der Waals surface area contributed by atoms with Gasteiger partial charge in [-0.25, -0.2) is 9.79 Å². The van der Waals surface area contributed by atoms with Crippen LogP contribution < -0.4 is 16.0 Å². The number of amides is 1. The maximum absolute atomic E-state index is 11.4. The fraction of sp³-hybridized carbons (Fsp3) is 0.208. The number of aliphatic imine (C=N–C) groups is 3. The molecule has 33 heavy (non-hydrogen) atoms. The van der Waals surface area contributed by atoms with Crippen LogP contribution in [-0.2, 0) is 4.79 Å². The topological polar surface area (TPSA) is 128 Å². The molecule has 4 N–H and O–H groups in total. The summed E-state index contributed by atoms with van der Waals surface area (Å²) in [6.07, 6.45) is 1.99. The number of rotatable bonds is 4. The van der Waals surface area contributed by atoms with E-state index in [4.69, 9.17) is 9.98 Å². The van der Waals surface area contributed by atoms with Crippen molar-refractivity contribution < 1.29 is 14.7 Å². The summed E-state index contributed by atoms with van der Waals surface area (Å²) in [5.41, 5.74) is 4.06. The molecule has 1 amide bonds. The van der Waals surface area contributed by atoms with Crippen molar-refractivity contribution in [2.24, 2.45) is 15.0 Å². The van der Waals surface area contributed by atoms with Gasteiger partial charge in [0.1, 0.15) is 5.71 Å². The first-order valence-corrected chi connectivity index (χ1v) is 10.5. The molecule has 9 heteroatoms. The first kappa shape index (κ1) is 21.9. The van der Waals surface area contributed by atoms with E-state index in [1.807, 2.05) is 12.1 Å². The number of nitrogens with one attached hydrogen (secondary N) is 3. The maximum atomic E-state index is 11.4. The summed E-state index contributed by atoms with van der Waals surface area (Å²) in [6, 6.07) is 12.2. The van der Waals surface area contributed by atoms with Gasteiger partial charge in [-0.3, -0.25) is 14.8 Å². The molecule has 2 aromatic carbocycles. The van der Waals surface area contributed by atoms with Crippen molar-refractivity contribution >= 4 is 52.0 Å². The van der Waals surface area contributed by atoms with Gasteiger partial charge in [-0.1, -0.05) is 18.7 Å². The molecule has 1 saturated carbocycles. The van der Waals surface area contributed by atoms with Gasteiger partial charge < -0.3 is 21.1 Å². The first-order chi connectivity index (χ1) is 15.8. The van der Waals surface area contributed by atoms with Gasteiger partial charge in [-0.2, -0.15) is 0 Å². The van der Waals surface area contributed by atoms with E-state index in [2.05, 4.69) is 27.5 Å². The molecule has 1 fully saturated rings. The second-order valence-corrected chi connectivity index (χ2v) is 7.77. The summed E-state index contributed by atoms with van der Waals surface area (Å²) in [7, 11) is 1.62. The number of amidine groups is 1. The Kier molecular flexibility index (Phi) is 6.03. The predicted molar refractivity (Wildman–Crippen MR) is 132 cm³/mol. The van der Waals surface area contributed by atoms with E-state index in [1.165, 1.54) is 13.0 Å². The van der Waals surface area contributed by atoms with Crippen molar-refractivity contribution in [1.29, 1.82) is 0 Å². The van der Waals surface area contributed by atoms with Crippen LogP contribution in [-0.4, -0.2) is 47.6 Å². The zero-order valence-corrected chi connectivity index (χ0v) is 18.3. The quantitative estimate of drug-likeness (QED) is 0.420. The Bertz CT molecular complexity index is 1240. The van der Waals surface area contributed by atoms with Crippen LogP contribution in [0.25, 0.3) is 5.57 Å². The fourth-order valence-corrected chi connectivity index (χ4v) is 3.35. The monoisotopic (exact) mass is 444 g/mol. The van der Waals surface area contributed by atoms with Crippen LogP contribution in [0.4, 0.5) is 17.1 Å². The van der Waals surface area contributed by atoms with Gasteiger partial charge in [0.25, 0.3) is 0 Å². The SMILES string of the molecule is C=C1C(=NC(=NC)Nc2cccc(NC(C)=O)c2)C(=NC2CC2)Nc2cc(C(=O)O)ccc21. The summed E-state index contributed by atoms with van der Waals surface area (Å²) in [5.74, 6) is -0.294. The van der Waals surface area contributed by atoms with Crippen LogP contribution in [0.3, 0.4) is 0 Å². The number of guanidine groups is 1. The molecule has 2 aliphatic rings. The number of aromatic carboxylic acids is 1. The number of benzene rings is 2. The lowest BCUT2D eigenvalue weighted by Crippen LogP contribution is -2.31. The number of carboxylic acid groups (broad SMARTS) is 1. The minimum absolute atomic E-state index is 0.160. The van der Waals surface area contributed by atoms with Gasteiger partial charge in [-0.15, -0.1) is 0 Å². The van der Waals surface area contributed by atoms with E-state index < -0.39 is 5.97 Å². The molecule has 2 aromatic rings. The number of carbonyl (C=O) groups is 2. The molecule has 1 heterocycles. The minimum atomic E-state index is -1.00. The zero-order chi connectivity index (χ0) is 23.5. The van der Waals surface area contributed by atoms with E-state index in [-0.39, 0.29) is 17.5 Å². The van der Waals surface area contributed by atoms with Crippen molar-refractivity contribution in [1.82, 2.24) is 0 Å². The van der Waals surface area contributed by atoms with Gasteiger partial charge >= 0.3 is 5.97 Å². The molecular formula is C24H24N6O3. The number of nitrogens with zero attached hydrogens (tertiary/aromatic N) is 3. The Morgan fingerprint density at radius 1 is 1.12 bits per heavy atom. The van der Waals surface area contributed by atoms with Crippen molar-refractivity contribution in [3.05, 3.63) is 60.2 Å². The molecule has 0 bridgehead atoms. The van der Waals surface area contributed by atoms with Gasteiger partial charge in [0.15, 0.2) is 5.84 Å². The van der Waals surface area contributed by atoms with E-state index in [0.717, 1.165) is 18.4 Å². The largest absolute Gasteiger partial charge is 0.478 e. The second kappa shape index (κ2) is 9.07. The predicted octanol–water partition coefficient (Wildman–Crippen LogP) is 3.88. The summed E-state index contributed by atoms with van der Waals surface area (Å²) in [4.78, 5) is 36.4. The summed E-state index contributed by atoms with van der Waals surface area (Å²) >= 11 is 0. The molecule has 1 aliphatic carbocycles. The molecular weight excluding hydrogens is 420 g/mol. The van der Waals surface area contributed by atoms with Crippen molar-refractivity contribution in [3.63, 3.8) is 0 Å². The van der Waals surface area contributed by atoms with Crippen LogP contribution in [0.5, 0.6) is 0 Å². The Morgan fingerprint density at radius 3 is 2.48 bits per heavy atom. The van der Waals surface area contributed by atoms with Gasteiger partial charge in [-0.05, 0) is 43.2 Å². The number of carboxylic acids is 1. The zero-order valence-electron chi connectivity index (χ0n) is 18.3. The summed E-state index contributed by atoms with van der Waals surface area (Å²) < 4.78 is 0. The molecule has 4 rings (SSSR count). The van der Waals surface area contributed by atoms with E-state index in [1.54, 1.807) is 31.3 Å². The molecule has 0 saturated heterocycles. The Balaban J connectivity index is 1.67. The van der Waals surface area contributed by atoms with Crippen LogP contribution >= 0.6 is 0 Å². The maximum Gasteiger partial charge on any atom is 0.335 e. The number of hydrogen-bond acceptors (Lipinski definition) is 4. The first-order valence-electron chi connectivity index (χ1n) is 10.5. The molecule has 0 atom stereocenters. The molecule has 0 radical (unpaired) electrons. The van der Waals surface area contributed by atoms with Crippen molar-refractivity contribution in [2.75, 3.05) is 23.0 Å². The highest BCUT2D eigenvalue weighted by Crippen LogP contribution is 2.32. The number of fused-ring (bicyclic) bond motifs is 1. The van der Waals surface area contributed by atoms with E-state index in [9.17, 15) is 14.7 Å². The lowest BCUT2D eigenvalue weighted by atomic mass is 9.94. The average Bonchev–Trinajstić information content (AvgIpc) is 3.59. The lowest BCUT2D eigenvalue weighted by molar-refractivity contribution is -0.114. The smallest absolute Gasteiger partial charge is 0.335 e. The molecule has 168 valence electrons. The lowest BCUT2D eigenvalue weighted by Gasteiger charge is -2.24. The summed E-state index contributed by atoms with van der Waals surface area (Å²) in [6.45, 7) is 5.65. The standard InChI is InChI=1S/C24H24N6O3/c1-13-19-10-7-15(23(32)33)11-20(19)29-22(27-16-8-9-16)21(13)30-24(25-3)28-18-6-4-5-17(12-18)26-14(2)31/h4-7,10-12,16H,1,8-9H2,2-3H3,(H,25,28)(H,26,31)(H,27,29)(H,32,33). The minimum Gasteiger partial charge on any atom is -0.478 e. The highest BCUT2D eigenvalue weighted by molar-refractivity contribution is 6.63. The van der Waals surface area contributed by atoms with E-state index >= 15 is 0 Å². The van der Waals surface area contributed by atoms with Gasteiger partial charge in [0, 0.05) is 42.2 Å². The third kappa shape index (κ3) is 5.15. The van der Waals surface area contributed by atoms with Crippen molar-refractivity contribution in [3.8, 4) is 0 Å². The van der Waals surface area contributed by atoms with E-state index in [0.29, 0.717) is 40.1 Å². The number of carbonyl (C=O) groups excluding carboxylic acids is 1. The third-order valence-corrected chi connectivity index (χ3v) is 5.08. The number of anilines is 3. The molecule has 0 spiro atoms. The number of hydrogen-bond donors (Lipinski definition) is 4. The van der Waals surface area contributed by atoms with Gasteiger partial charge in [0.2, 0.25) is 11.9 Å². The summed E-state index contributed by atoms with van der Waals surface area (Å²) in [5, 5.41) is 18.5. The molecule has 1 aliphatic heterocycles. The molecule has 9 nitrogen and oxygen atoms in total. The van der Waals surface area contributed by atoms with Crippen LogP contribution in [0.1, 0.15) is 35.7 Å². The Hall–Kier alpha value is -4.27. The molecule has 0 aromatic heterocycles.